The molecular weight excluding hydrogens is 334 g/mol. The molecule has 0 aliphatic heterocycles. The lowest BCUT2D eigenvalue weighted by Crippen LogP contribution is -2.13. The van der Waals surface area contributed by atoms with Crippen LogP contribution in [0.1, 0.15) is 30.1 Å². The number of aromatic nitrogens is 1. The summed E-state index contributed by atoms with van der Waals surface area (Å²) in [6, 6.07) is 6.87. The fourth-order valence-electron chi connectivity index (χ4n) is 2.38. The maximum absolute atomic E-state index is 12.5. The van der Waals surface area contributed by atoms with Gasteiger partial charge in [0.15, 0.2) is 11.5 Å². The second kappa shape index (κ2) is 9.50. The number of ether oxygens (including phenoxy) is 3. The Bertz CT molecular complexity index is 707. The van der Waals surface area contributed by atoms with Gasteiger partial charge < -0.3 is 24.8 Å². The van der Waals surface area contributed by atoms with E-state index in [9.17, 15) is 4.79 Å². The highest BCUT2D eigenvalue weighted by Gasteiger charge is 2.15. The van der Waals surface area contributed by atoms with Crippen LogP contribution in [0.5, 0.6) is 17.2 Å². The van der Waals surface area contributed by atoms with Crippen molar-refractivity contribution in [2.45, 2.75) is 19.8 Å². The van der Waals surface area contributed by atoms with Gasteiger partial charge in [-0.2, -0.15) is 0 Å². The van der Waals surface area contributed by atoms with Crippen LogP contribution in [0.15, 0.2) is 30.5 Å². The summed E-state index contributed by atoms with van der Waals surface area (Å²) in [4.78, 5) is 16.7. The molecule has 0 radical (unpaired) electrons. The minimum Gasteiger partial charge on any atom is -0.493 e. The van der Waals surface area contributed by atoms with E-state index in [1.54, 1.807) is 30.5 Å². The van der Waals surface area contributed by atoms with E-state index < -0.39 is 0 Å². The van der Waals surface area contributed by atoms with E-state index in [1.165, 1.54) is 21.3 Å². The van der Waals surface area contributed by atoms with Crippen LogP contribution < -0.4 is 24.8 Å². The van der Waals surface area contributed by atoms with Crippen molar-refractivity contribution in [1.82, 2.24) is 4.98 Å². The molecule has 0 aliphatic rings. The topological polar surface area (TPSA) is 81.7 Å². The number of unbranched alkanes of at least 4 members (excludes halogenated alkanes) is 1. The highest BCUT2D eigenvalue weighted by molar-refractivity contribution is 6.04. The van der Waals surface area contributed by atoms with Gasteiger partial charge in [0, 0.05) is 30.6 Å². The third-order valence-corrected chi connectivity index (χ3v) is 3.78. The maximum atomic E-state index is 12.5. The number of anilines is 2. The number of carbonyl (C=O) groups is 1. The second-order valence-electron chi connectivity index (χ2n) is 5.58. The third-order valence-electron chi connectivity index (χ3n) is 3.78. The number of benzene rings is 1. The SMILES string of the molecule is CCCCNc1ccc(C(=O)Nc2cc(OC)c(OC)c(OC)c2)cn1. The largest absolute Gasteiger partial charge is 0.493 e. The van der Waals surface area contributed by atoms with Crippen LogP contribution in [0.4, 0.5) is 11.5 Å². The minimum absolute atomic E-state index is 0.271. The fraction of sp³-hybridized carbons (Fsp3) is 0.368. The number of nitrogens with one attached hydrogen (secondary N) is 2. The standard InChI is InChI=1S/C19H25N3O4/c1-5-6-9-20-17-8-7-13(12-21-17)19(23)22-14-10-15(24-2)18(26-4)16(11-14)25-3/h7-8,10-12H,5-6,9H2,1-4H3,(H,20,21)(H,22,23). The van der Waals surface area contributed by atoms with Crippen molar-refractivity contribution in [2.24, 2.45) is 0 Å². The quantitative estimate of drug-likeness (QED) is 0.666. The molecule has 2 N–H and O–H groups in total. The van der Waals surface area contributed by atoms with Gasteiger partial charge in [0.05, 0.1) is 26.9 Å². The predicted octanol–water partition coefficient (Wildman–Crippen LogP) is 3.57. The number of hydrogen-bond acceptors (Lipinski definition) is 6. The van der Waals surface area contributed by atoms with Crippen molar-refractivity contribution in [3.8, 4) is 17.2 Å². The Balaban J connectivity index is 2.11. The van der Waals surface area contributed by atoms with Gasteiger partial charge in [-0.1, -0.05) is 13.3 Å². The molecule has 26 heavy (non-hydrogen) atoms. The molecule has 2 rings (SSSR count). The lowest BCUT2D eigenvalue weighted by molar-refractivity contribution is 0.102. The van der Waals surface area contributed by atoms with E-state index in [1.807, 2.05) is 0 Å². The Morgan fingerprint density at radius 3 is 2.27 bits per heavy atom. The molecule has 0 unspecified atom stereocenters. The van der Waals surface area contributed by atoms with E-state index in [2.05, 4.69) is 22.5 Å². The molecule has 0 fully saturated rings. The number of amides is 1. The van der Waals surface area contributed by atoms with Crippen LogP contribution >= 0.6 is 0 Å². The normalized spacial score (nSPS) is 10.2. The maximum Gasteiger partial charge on any atom is 0.257 e. The average molecular weight is 359 g/mol. The number of rotatable bonds is 9. The smallest absolute Gasteiger partial charge is 0.257 e. The molecule has 0 aliphatic carbocycles. The average Bonchev–Trinajstić information content (AvgIpc) is 2.67. The Kier molecular flexibility index (Phi) is 7.08. The first-order valence-corrected chi connectivity index (χ1v) is 8.44. The number of methoxy groups -OCH3 is 3. The van der Waals surface area contributed by atoms with Crippen molar-refractivity contribution < 1.29 is 19.0 Å². The van der Waals surface area contributed by atoms with Gasteiger partial charge in [-0.3, -0.25) is 4.79 Å². The zero-order valence-electron chi connectivity index (χ0n) is 15.6. The summed E-state index contributed by atoms with van der Waals surface area (Å²) < 4.78 is 15.9. The number of hydrogen-bond donors (Lipinski definition) is 2. The van der Waals surface area contributed by atoms with Crippen molar-refractivity contribution in [3.63, 3.8) is 0 Å². The third kappa shape index (κ3) is 4.78. The molecule has 1 amide bonds. The van der Waals surface area contributed by atoms with Crippen LogP contribution in [-0.2, 0) is 0 Å². The number of nitrogens with zero attached hydrogens (tertiary/aromatic N) is 1. The Morgan fingerprint density at radius 1 is 1.08 bits per heavy atom. The van der Waals surface area contributed by atoms with E-state index >= 15 is 0 Å². The van der Waals surface area contributed by atoms with Crippen LogP contribution in [0, 0.1) is 0 Å². The molecule has 7 heteroatoms. The molecular formula is C19H25N3O4. The summed E-state index contributed by atoms with van der Waals surface area (Å²) in [5, 5.41) is 6.03. The highest BCUT2D eigenvalue weighted by atomic mass is 16.5. The molecule has 0 spiro atoms. The van der Waals surface area contributed by atoms with Crippen LogP contribution in [0.25, 0.3) is 0 Å². The molecule has 1 heterocycles. The molecule has 0 bridgehead atoms. The number of pyridine rings is 1. The summed E-state index contributed by atoms with van der Waals surface area (Å²) in [5.41, 5.74) is 0.995. The molecule has 0 saturated heterocycles. The molecule has 1 aromatic heterocycles. The molecule has 0 atom stereocenters. The van der Waals surface area contributed by atoms with E-state index in [0.29, 0.717) is 28.5 Å². The second-order valence-corrected chi connectivity index (χ2v) is 5.58. The van der Waals surface area contributed by atoms with Gasteiger partial charge >= 0.3 is 0 Å². The predicted molar refractivity (Wildman–Crippen MR) is 102 cm³/mol. The van der Waals surface area contributed by atoms with Crippen LogP contribution in [0.2, 0.25) is 0 Å². The summed E-state index contributed by atoms with van der Waals surface area (Å²) >= 11 is 0. The van der Waals surface area contributed by atoms with Gasteiger partial charge in [0.1, 0.15) is 5.82 Å². The Hall–Kier alpha value is -2.96. The summed E-state index contributed by atoms with van der Waals surface area (Å²) in [6.45, 7) is 2.99. The van der Waals surface area contributed by atoms with Gasteiger partial charge in [-0.25, -0.2) is 4.98 Å². The van der Waals surface area contributed by atoms with Crippen molar-refractivity contribution >= 4 is 17.4 Å². The van der Waals surface area contributed by atoms with Gasteiger partial charge in [0.25, 0.3) is 5.91 Å². The Morgan fingerprint density at radius 2 is 1.77 bits per heavy atom. The van der Waals surface area contributed by atoms with Crippen molar-refractivity contribution in [3.05, 3.63) is 36.0 Å². The fourth-order valence-corrected chi connectivity index (χ4v) is 2.38. The van der Waals surface area contributed by atoms with Gasteiger partial charge in [0.2, 0.25) is 5.75 Å². The van der Waals surface area contributed by atoms with Crippen molar-refractivity contribution in [1.29, 1.82) is 0 Å². The summed E-state index contributed by atoms with van der Waals surface area (Å²) in [7, 11) is 4.58. The van der Waals surface area contributed by atoms with Gasteiger partial charge in [-0.05, 0) is 18.6 Å². The lowest BCUT2D eigenvalue weighted by Gasteiger charge is -2.14. The first-order chi connectivity index (χ1) is 12.6. The summed E-state index contributed by atoms with van der Waals surface area (Å²) in [6.07, 6.45) is 3.73. The number of carbonyl (C=O) groups excluding carboxylic acids is 1. The lowest BCUT2D eigenvalue weighted by atomic mass is 10.2. The van der Waals surface area contributed by atoms with Gasteiger partial charge in [-0.15, -0.1) is 0 Å². The monoisotopic (exact) mass is 359 g/mol. The van der Waals surface area contributed by atoms with E-state index in [4.69, 9.17) is 14.2 Å². The first-order valence-electron chi connectivity index (χ1n) is 8.44. The molecule has 140 valence electrons. The molecule has 2 aromatic rings. The Labute approximate surface area is 153 Å². The minimum atomic E-state index is -0.271. The van der Waals surface area contributed by atoms with Crippen LogP contribution in [-0.4, -0.2) is 38.8 Å². The molecule has 1 aromatic carbocycles. The zero-order valence-corrected chi connectivity index (χ0v) is 15.6. The zero-order chi connectivity index (χ0) is 18.9. The summed E-state index contributed by atoms with van der Waals surface area (Å²) in [5.74, 6) is 1.89. The van der Waals surface area contributed by atoms with Crippen molar-refractivity contribution in [2.75, 3.05) is 38.5 Å². The highest BCUT2D eigenvalue weighted by Crippen LogP contribution is 2.40. The molecule has 7 nitrogen and oxygen atoms in total. The van der Waals surface area contributed by atoms with Crippen LogP contribution in [0.3, 0.4) is 0 Å². The first kappa shape index (κ1) is 19.4. The molecule has 0 saturated carbocycles. The van der Waals surface area contributed by atoms with E-state index in [0.717, 1.165) is 25.2 Å². The van der Waals surface area contributed by atoms with E-state index in [-0.39, 0.29) is 5.91 Å².